The Hall–Kier alpha value is -1.39. The molecule has 0 aliphatic carbocycles. The van der Waals surface area contributed by atoms with E-state index in [2.05, 4.69) is 17.5 Å². The number of hydrogen-bond donors (Lipinski definition) is 3. The van der Waals surface area contributed by atoms with Crippen LogP contribution in [0, 0.1) is 0 Å². The quantitative estimate of drug-likeness (QED) is 0.537. The molecule has 0 bridgehead atoms. The SMILES string of the molecule is NC(=S)c1cc(NCCCS(N)(=O)=O)ccc1C(F)(F)F. The molecule has 5 nitrogen and oxygen atoms in total. The minimum atomic E-state index is -4.55. The minimum absolute atomic E-state index is 0.219. The highest BCUT2D eigenvalue weighted by molar-refractivity contribution is 7.89. The second-order valence-electron chi connectivity index (χ2n) is 4.27. The van der Waals surface area contributed by atoms with Crippen molar-refractivity contribution in [3.8, 4) is 0 Å². The van der Waals surface area contributed by atoms with Gasteiger partial charge in [-0.1, -0.05) is 12.2 Å². The van der Waals surface area contributed by atoms with Gasteiger partial charge in [-0.3, -0.25) is 0 Å². The number of thiocarbonyl (C=S) groups is 1. The highest BCUT2D eigenvalue weighted by Crippen LogP contribution is 2.33. The van der Waals surface area contributed by atoms with Gasteiger partial charge >= 0.3 is 6.18 Å². The molecule has 21 heavy (non-hydrogen) atoms. The summed E-state index contributed by atoms with van der Waals surface area (Å²) in [6, 6.07) is 3.28. The third kappa shape index (κ3) is 5.86. The number of hydrogen-bond acceptors (Lipinski definition) is 4. The summed E-state index contributed by atoms with van der Waals surface area (Å²) in [5.41, 5.74) is 4.47. The van der Waals surface area contributed by atoms with Crippen LogP contribution in [0.3, 0.4) is 0 Å². The lowest BCUT2D eigenvalue weighted by atomic mass is 10.1. The van der Waals surface area contributed by atoms with Gasteiger partial charge in [0.1, 0.15) is 4.99 Å². The van der Waals surface area contributed by atoms with Crippen LogP contribution in [0.25, 0.3) is 0 Å². The molecule has 10 heteroatoms. The van der Waals surface area contributed by atoms with Gasteiger partial charge in [0.2, 0.25) is 10.0 Å². The number of halogens is 3. The Morgan fingerprint density at radius 1 is 1.33 bits per heavy atom. The van der Waals surface area contributed by atoms with E-state index in [1.807, 2.05) is 0 Å². The van der Waals surface area contributed by atoms with Gasteiger partial charge in [0, 0.05) is 17.8 Å². The van der Waals surface area contributed by atoms with E-state index < -0.39 is 21.8 Å². The first-order valence-electron chi connectivity index (χ1n) is 5.76. The maximum Gasteiger partial charge on any atom is 0.417 e. The van der Waals surface area contributed by atoms with Crippen LogP contribution in [0.1, 0.15) is 17.5 Å². The molecule has 5 N–H and O–H groups in total. The van der Waals surface area contributed by atoms with Crippen molar-refractivity contribution < 1.29 is 21.6 Å². The molecule has 0 saturated carbocycles. The maximum absolute atomic E-state index is 12.8. The number of nitrogens with one attached hydrogen (secondary N) is 1. The van der Waals surface area contributed by atoms with Crippen molar-refractivity contribution >= 4 is 32.9 Å². The summed E-state index contributed by atoms with van der Waals surface area (Å²) >= 11 is 4.62. The largest absolute Gasteiger partial charge is 0.417 e. The summed E-state index contributed by atoms with van der Waals surface area (Å²) in [6.07, 6.45) is -4.33. The lowest BCUT2D eigenvalue weighted by Gasteiger charge is -2.14. The van der Waals surface area contributed by atoms with E-state index in [-0.39, 0.29) is 29.3 Å². The Morgan fingerprint density at radius 3 is 2.43 bits per heavy atom. The molecule has 0 aliphatic rings. The van der Waals surface area contributed by atoms with Gasteiger partial charge in [-0.05, 0) is 24.6 Å². The number of anilines is 1. The molecule has 0 unspecified atom stereocenters. The molecular weight excluding hydrogens is 327 g/mol. The number of benzene rings is 1. The molecule has 0 aliphatic heterocycles. The Balaban J connectivity index is 2.82. The van der Waals surface area contributed by atoms with Crippen molar-refractivity contribution in [3.63, 3.8) is 0 Å². The summed E-state index contributed by atoms with van der Waals surface area (Å²) in [5.74, 6) is -0.219. The molecule has 1 aromatic rings. The van der Waals surface area contributed by atoms with Crippen molar-refractivity contribution in [2.75, 3.05) is 17.6 Å². The van der Waals surface area contributed by atoms with Gasteiger partial charge in [-0.25, -0.2) is 13.6 Å². The van der Waals surface area contributed by atoms with E-state index in [0.717, 1.165) is 6.07 Å². The van der Waals surface area contributed by atoms with E-state index in [1.165, 1.54) is 12.1 Å². The monoisotopic (exact) mass is 341 g/mol. The number of alkyl halides is 3. The smallest absolute Gasteiger partial charge is 0.389 e. The third-order valence-corrected chi connectivity index (χ3v) is 3.60. The van der Waals surface area contributed by atoms with Crippen LogP contribution in [-0.2, 0) is 16.2 Å². The zero-order chi connectivity index (χ0) is 16.3. The first-order chi connectivity index (χ1) is 9.50. The predicted molar refractivity (Wildman–Crippen MR) is 78.4 cm³/mol. The van der Waals surface area contributed by atoms with Gasteiger partial charge in [-0.2, -0.15) is 13.2 Å². The fourth-order valence-electron chi connectivity index (χ4n) is 1.61. The molecule has 0 radical (unpaired) electrons. The van der Waals surface area contributed by atoms with E-state index in [4.69, 9.17) is 10.9 Å². The molecule has 0 fully saturated rings. The summed E-state index contributed by atoms with van der Waals surface area (Å²) in [4.78, 5) is -0.365. The zero-order valence-corrected chi connectivity index (χ0v) is 12.4. The standard InChI is InChI=1S/C11H14F3N3O2S2/c12-11(13,14)9-3-2-7(6-8(9)10(15)20)17-4-1-5-21(16,18)19/h2-3,6,17H,1,4-5H2,(H2,15,20)(H2,16,18,19). The topological polar surface area (TPSA) is 98.2 Å². The Labute approximate surface area is 125 Å². The Morgan fingerprint density at radius 2 is 1.95 bits per heavy atom. The summed E-state index contributed by atoms with van der Waals surface area (Å²) in [7, 11) is -3.56. The van der Waals surface area contributed by atoms with Gasteiger partial charge in [0.25, 0.3) is 0 Å². The zero-order valence-electron chi connectivity index (χ0n) is 10.8. The molecule has 0 saturated heterocycles. The average molecular weight is 341 g/mol. The fourth-order valence-corrected chi connectivity index (χ4v) is 2.33. The average Bonchev–Trinajstić information content (AvgIpc) is 2.32. The second-order valence-corrected chi connectivity index (χ2v) is 6.44. The van der Waals surface area contributed by atoms with Crippen molar-refractivity contribution in [1.29, 1.82) is 0 Å². The van der Waals surface area contributed by atoms with Crippen LogP contribution in [0.15, 0.2) is 18.2 Å². The van der Waals surface area contributed by atoms with Gasteiger partial charge in [0.05, 0.1) is 11.3 Å². The van der Waals surface area contributed by atoms with Gasteiger partial charge < -0.3 is 11.1 Å². The minimum Gasteiger partial charge on any atom is -0.389 e. The van der Waals surface area contributed by atoms with Crippen molar-refractivity contribution in [2.45, 2.75) is 12.6 Å². The molecule has 0 heterocycles. The van der Waals surface area contributed by atoms with Crippen molar-refractivity contribution in [2.24, 2.45) is 10.9 Å². The highest BCUT2D eigenvalue weighted by atomic mass is 32.2. The predicted octanol–water partition coefficient (Wildman–Crippen LogP) is 1.43. The molecule has 0 aromatic heterocycles. The van der Waals surface area contributed by atoms with Crippen LogP contribution in [0.2, 0.25) is 0 Å². The number of nitrogens with two attached hydrogens (primary N) is 2. The molecule has 118 valence electrons. The maximum atomic E-state index is 12.8. The van der Waals surface area contributed by atoms with E-state index >= 15 is 0 Å². The van der Waals surface area contributed by atoms with Crippen LogP contribution in [0.5, 0.6) is 0 Å². The molecule has 1 rings (SSSR count). The van der Waals surface area contributed by atoms with E-state index in [1.54, 1.807) is 0 Å². The molecule has 0 atom stereocenters. The summed E-state index contributed by atoms with van der Waals surface area (Å²) < 4.78 is 59.8. The number of primary sulfonamides is 1. The first-order valence-corrected chi connectivity index (χ1v) is 7.88. The Kier molecular flexibility index (Phi) is 5.54. The molecular formula is C11H14F3N3O2S2. The lowest BCUT2D eigenvalue weighted by Crippen LogP contribution is -2.20. The third-order valence-electron chi connectivity index (χ3n) is 2.53. The normalized spacial score (nSPS) is 12.2. The summed E-state index contributed by atoms with van der Waals surface area (Å²) in [6.45, 7) is 0.235. The van der Waals surface area contributed by atoms with E-state index in [9.17, 15) is 21.6 Å². The van der Waals surface area contributed by atoms with Crippen LogP contribution in [-0.4, -0.2) is 25.7 Å². The molecule has 0 amide bonds. The van der Waals surface area contributed by atoms with Crippen molar-refractivity contribution in [3.05, 3.63) is 29.3 Å². The fraction of sp³-hybridized carbons (Fsp3) is 0.364. The van der Waals surface area contributed by atoms with Crippen LogP contribution in [0.4, 0.5) is 18.9 Å². The number of sulfonamides is 1. The van der Waals surface area contributed by atoms with Gasteiger partial charge in [-0.15, -0.1) is 0 Å². The first kappa shape index (κ1) is 17.7. The van der Waals surface area contributed by atoms with Crippen LogP contribution >= 0.6 is 12.2 Å². The van der Waals surface area contributed by atoms with Crippen molar-refractivity contribution in [1.82, 2.24) is 0 Å². The van der Waals surface area contributed by atoms with Crippen LogP contribution < -0.4 is 16.2 Å². The number of rotatable bonds is 6. The summed E-state index contributed by atoms with van der Waals surface area (Å²) in [5, 5.41) is 7.62. The highest BCUT2D eigenvalue weighted by Gasteiger charge is 2.33. The lowest BCUT2D eigenvalue weighted by molar-refractivity contribution is -0.137. The molecule has 1 aromatic carbocycles. The molecule has 0 spiro atoms. The second kappa shape index (κ2) is 6.58. The van der Waals surface area contributed by atoms with E-state index in [0.29, 0.717) is 5.69 Å². The van der Waals surface area contributed by atoms with Gasteiger partial charge in [0.15, 0.2) is 0 Å². The Bertz CT molecular complexity index is 630.